The number of hydrogen-bond acceptors (Lipinski definition) is 4. The molecule has 0 aromatic heterocycles. The first kappa shape index (κ1) is 12.7. The second-order valence-corrected chi connectivity index (χ2v) is 4.68. The van der Waals surface area contributed by atoms with Crippen LogP contribution in [-0.4, -0.2) is 30.6 Å². The Kier molecular flexibility index (Phi) is 4.06. The zero-order chi connectivity index (χ0) is 13.0. The second kappa shape index (κ2) is 5.74. The first-order chi connectivity index (χ1) is 8.76. The molecule has 1 aromatic carbocycles. The third-order valence-electron chi connectivity index (χ3n) is 3.66. The molecule has 0 bridgehead atoms. The summed E-state index contributed by atoms with van der Waals surface area (Å²) in [5, 5.41) is 12.3. The molecule has 0 amide bonds. The first-order valence-corrected chi connectivity index (χ1v) is 6.52. The quantitative estimate of drug-likeness (QED) is 0.795. The number of benzene rings is 1. The maximum absolute atomic E-state index is 8.94. The molecule has 1 aromatic rings. The van der Waals surface area contributed by atoms with Crippen LogP contribution in [0.2, 0.25) is 0 Å². The number of nitriles is 1. The SMILES string of the molecule is CCN1CCCC1CNc1cccc(C#N)c1N. The van der Waals surface area contributed by atoms with Gasteiger partial charge < -0.3 is 11.1 Å². The molecule has 0 radical (unpaired) electrons. The first-order valence-electron chi connectivity index (χ1n) is 6.52. The van der Waals surface area contributed by atoms with Gasteiger partial charge in [0, 0.05) is 12.6 Å². The van der Waals surface area contributed by atoms with Crippen LogP contribution < -0.4 is 11.1 Å². The molecule has 1 unspecified atom stereocenters. The molecule has 1 fully saturated rings. The lowest BCUT2D eigenvalue weighted by atomic mass is 10.1. The smallest absolute Gasteiger partial charge is 0.101 e. The van der Waals surface area contributed by atoms with Crippen LogP contribution in [0.4, 0.5) is 11.4 Å². The topological polar surface area (TPSA) is 65.1 Å². The Morgan fingerprint density at radius 3 is 3.11 bits per heavy atom. The molecule has 1 heterocycles. The molecule has 0 aliphatic carbocycles. The number of likely N-dealkylation sites (tertiary alicyclic amines) is 1. The van der Waals surface area contributed by atoms with E-state index in [9.17, 15) is 0 Å². The minimum atomic E-state index is 0.541. The van der Waals surface area contributed by atoms with E-state index in [-0.39, 0.29) is 0 Å². The minimum Gasteiger partial charge on any atom is -0.396 e. The predicted molar refractivity (Wildman–Crippen MR) is 74.3 cm³/mol. The summed E-state index contributed by atoms with van der Waals surface area (Å²) in [6.45, 7) is 5.38. The van der Waals surface area contributed by atoms with Crippen molar-refractivity contribution < 1.29 is 0 Å². The van der Waals surface area contributed by atoms with Gasteiger partial charge in [0.25, 0.3) is 0 Å². The Hall–Kier alpha value is -1.73. The van der Waals surface area contributed by atoms with Gasteiger partial charge in [0.2, 0.25) is 0 Å². The Balaban J connectivity index is 2.00. The van der Waals surface area contributed by atoms with Gasteiger partial charge in [0.15, 0.2) is 0 Å². The lowest BCUT2D eigenvalue weighted by Crippen LogP contribution is -2.34. The van der Waals surface area contributed by atoms with Crippen molar-refractivity contribution >= 4 is 11.4 Å². The Bertz CT molecular complexity index is 450. The standard InChI is InChI=1S/C14H20N4/c1-2-18-8-4-6-12(18)10-17-13-7-3-5-11(9-15)14(13)16/h3,5,7,12,17H,2,4,6,8,10,16H2,1H3. The van der Waals surface area contributed by atoms with Crippen molar-refractivity contribution in [3.63, 3.8) is 0 Å². The summed E-state index contributed by atoms with van der Waals surface area (Å²) in [5.41, 5.74) is 7.92. The molecular weight excluding hydrogens is 224 g/mol. The van der Waals surface area contributed by atoms with Crippen LogP contribution in [0.25, 0.3) is 0 Å². The molecule has 1 aliphatic rings. The van der Waals surface area contributed by atoms with Gasteiger partial charge in [-0.05, 0) is 38.1 Å². The Morgan fingerprint density at radius 1 is 1.56 bits per heavy atom. The molecule has 4 heteroatoms. The molecular formula is C14H20N4. The number of nitrogens with one attached hydrogen (secondary N) is 1. The Labute approximate surface area is 108 Å². The summed E-state index contributed by atoms with van der Waals surface area (Å²) in [6.07, 6.45) is 2.51. The van der Waals surface area contributed by atoms with E-state index in [2.05, 4.69) is 23.2 Å². The highest BCUT2D eigenvalue weighted by atomic mass is 15.2. The molecule has 96 valence electrons. The third-order valence-corrected chi connectivity index (χ3v) is 3.66. The van der Waals surface area contributed by atoms with E-state index in [1.54, 1.807) is 6.07 Å². The highest BCUT2D eigenvalue weighted by Crippen LogP contribution is 2.23. The zero-order valence-corrected chi connectivity index (χ0v) is 10.8. The predicted octanol–water partition coefficient (Wildman–Crippen LogP) is 2.04. The lowest BCUT2D eigenvalue weighted by Gasteiger charge is -2.23. The normalized spacial score (nSPS) is 19.7. The summed E-state index contributed by atoms with van der Waals surface area (Å²) < 4.78 is 0. The molecule has 1 atom stereocenters. The summed E-state index contributed by atoms with van der Waals surface area (Å²) in [7, 11) is 0. The summed E-state index contributed by atoms with van der Waals surface area (Å²) >= 11 is 0. The van der Waals surface area contributed by atoms with Crippen molar-refractivity contribution in [2.45, 2.75) is 25.8 Å². The Morgan fingerprint density at radius 2 is 2.39 bits per heavy atom. The average Bonchev–Trinajstić information content (AvgIpc) is 2.85. The van der Waals surface area contributed by atoms with Gasteiger partial charge >= 0.3 is 0 Å². The zero-order valence-electron chi connectivity index (χ0n) is 10.8. The lowest BCUT2D eigenvalue weighted by molar-refractivity contribution is 0.277. The fourth-order valence-electron chi connectivity index (χ4n) is 2.59. The summed E-state index contributed by atoms with van der Waals surface area (Å²) in [5.74, 6) is 0. The van der Waals surface area contributed by atoms with Gasteiger partial charge in [-0.1, -0.05) is 13.0 Å². The van der Waals surface area contributed by atoms with E-state index < -0.39 is 0 Å². The van der Waals surface area contributed by atoms with Crippen LogP contribution in [-0.2, 0) is 0 Å². The van der Waals surface area contributed by atoms with Crippen molar-refractivity contribution in [1.29, 1.82) is 5.26 Å². The molecule has 1 saturated heterocycles. The minimum absolute atomic E-state index is 0.541. The summed E-state index contributed by atoms with van der Waals surface area (Å²) in [4.78, 5) is 2.48. The van der Waals surface area contributed by atoms with Gasteiger partial charge in [-0.3, -0.25) is 4.90 Å². The van der Waals surface area contributed by atoms with Crippen molar-refractivity contribution in [3.8, 4) is 6.07 Å². The number of nitrogens with two attached hydrogens (primary N) is 1. The maximum atomic E-state index is 8.94. The van der Waals surface area contributed by atoms with Gasteiger partial charge in [-0.15, -0.1) is 0 Å². The molecule has 3 N–H and O–H groups in total. The molecule has 1 aliphatic heterocycles. The molecule has 4 nitrogen and oxygen atoms in total. The van der Waals surface area contributed by atoms with Gasteiger partial charge in [0.05, 0.1) is 16.9 Å². The van der Waals surface area contributed by atoms with Crippen molar-refractivity contribution in [3.05, 3.63) is 23.8 Å². The molecule has 0 saturated carbocycles. The fraction of sp³-hybridized carbons (Fsp3) is 0.500. The number of nitrogen functional groups attached to an aromatic ring is 1. The van der Waals surface area contributed by atoms with E-state index in [1.165, 1.54) is 19.4 Å². The van der Waals surface area contributed by atoms with Crippen LogP contribution in [0.15, 0.2) is 18.2 Å². The van der Waals surface area contributed by atoms with Crippen LogP contribution in [0, 0.1) is 11.3 Å². The molecule has 2 rings (SSSR count). The van der Waals surface area contributed by atoms with Gasteiger partial charge in [-0.2, -0.15) is 5.26 Å². The van der Waals surface area contributed by atoms with Gasteiger partial charge in [-0.25, -0.2) is 0 Å². The largest absolute Gasteiger partial charge is 0.396 e. The fourth-order valence-corrected chi connectivity index (χ4v) is 2.59. The number of likely N-dealkylation sites (N-methyl/N-ethyl adjacent to an activating group) is 1. The van der Waals surface area contributed by atoms with Crippen LogP contribution in [0.3, 0.4) is 0 Å². The van der Waals surface area contributed by atoms with E-state index in [1.807, 2.05) is 12.1 Å². The number of nitrogens with zero attached hydrogens (tertiary/aromatic N) is 2. The number of rotatable bonds is 4. The van der Waals surface area contributed by atoms with Crippen LogP contribution in [0.1, 0.15) is 25.3 Å². The number of anilines is 2. The average molecular weight is 244 g/mol. The van der Waals surface area contributed by atoms with Crippen molar-refractivity contribution in [1.82, 2.24) is 4.90 Å². The van der Waals surface area contributed by atoms with E-state index in [0.717, 1.165) is 18.8 Å². The highest BCUT2D eigenvalue weighted by Gasteiger charge is 2.22. The highest BCUT2D eigenvalue weighted by molar-refractivity contribution is 5.72. The van der Waals surface area contributed by atoms with Crippen LogP contribution in [0.5, 0.6) is 0 Å². The van der Waals surface area contributed by atoms with Crippen LogP contribution >= 0.6 is 0 Å². The molecule has 18 heavy (non-hydrogen) atoms. The van der Waals surface area contributed by atoms with Crippen molar-refractivity contribution in [2.24, 2.45) is 0 Å². The van der Waals surface area contributed by atoms with Crippen molar-refractivity contribution in [2.75, 3.05) is 30.7 Å². The summed E-state index contributed by atoms with van der Waals surface area (Å²) in [6, 6.07) is 8.23. The number of hydrogen-bond donors (Lipinski definition) is 2. The maximum Gasteiger partial charge on any atom is 0.101 e. The third kappa shape index (κ3) is 2.57. The van der Waals surface area contributed by atoms with E-state index in [0.29, 0.717) is 17.3 Å². The monoisotopic (exact) mass is 244 g/mol. The van der Waals surface area contributed by atoms with E-state index >= 15 is 0 Å². The number of para-hydroxylation sites is 1. The second-order valence-electron chi connectivity index (χ2n) is 4.68. The van der Waals surface area contributed by atoms with Gasteiger partial charge in [0.1, 0.15) is 6.07 Å². The molecule has 0 spiro atoms. The van der Waals surface area contributed by atoms with E-state index in [4.69, 9.17) is 11.0 Å².